The molecule has 1 aromatic heterocycles. The zero-order chi connectivity index (χ0) is 13.7. The summed E-state index contributed by atoms with van der Waals surface area (Å²) in [4.78, 5) is 8.50. The largest absolute Gasteiger partial charge is 0.370 e. The topological polar surface area (TPSA) is 75.9 Å². The molecule has 5 heteroatoms. The van der Waals surface area contributed by atoms with Gasteiger partial charge in [-0.1, -0.05) is 12.8 Å². The summed E-state index contributed by atoms with van der Waals surface area (Å²) in [6.45, 7) is 4.88. The normalized spacial score (nSPS) is 16.6. The zero-order valence-electron chi connectivity index (χ0n) is 11.9. The first-order valence-corrected chi connectivity index (χ1v) is 7.14. The summed E-state index contributed by atoms with van der Waals surface area (Å²) in [7, 11) is 0. The number of hydrogen-bond donors (Lipinski definition) is 3. The fourth-order valence-electron chi connectivity index (χ4n) is 2.32. The smallest absolute Gasteiger partial charge is 0.131 e. The first kappa shape index (κ1) is 14.1. The van der Waals surface area contributed by atoms with Crippen molar-refractivity contribution in [2.24, 2.45) is 5.73 Å². The summed E-state index contributed by atoms with van der Waals surface area (Å²) < 4.78 is 0. The Kier molecular flexibility index (Phi) is 4.58. The minimum absolute atomic E-state index is 0.148. The number of hydrogen-bond acceptors (Lipinski definition) is 5. The van der Waals surface area contributed by atoms with Gasteiger partial charge in [-0.3, -0.25) is 0 Å². The maximum absolute atomic E-state index is 5.95. The number of anilines is 2. The van der Waals surface area contributed by atoms with E-state index in [-0.39, 0.29) is 5.54 Å². The SMILES string of the molecule is CC(C)(N)CCNc1cc(NC2CCCC2)ncn1. The molecule has 0 saturated heterocycles. The van der Waals surface area contributed by atoms with E-state index in [0.29, 0.717) is 6.04 Å². The Balaban J connectivity index is 1.84. The Labute approximate surface area is 115 Å². The van der Waals surface area contributed by atoms with Gasteiger partial charge in [-0.2, -0.15) is 0 Å². The Morgan fingerprint density at radius 3 is 2.63 bits per heavy atom. The van der Waals surface area contributed by atoms with Gasteiger partial charge in [0.2, 0.25) is 0 Å². The van der Waals surface area contributed by atoms with Crippen LogP contribution in [0.1, 0.15) is 46.0 Å². The summed E-state index contributed by atoms with van der Waals surface area (Å²) in [5.74, 6) is 1.77. The molecule has 1 heterocycles. The van der Waals surface area contributed by atoms with Crippen LogP contribution in [0.25, 0.3) is 0 Å². The van der Waals surface area contributed by atoms with Crippen LogP contribution in [0.3, 0.4) is 0 Å². The lowest BCUT2D eigenvalue weighted by molar-refractivity contribution is 0.490. The minimum atomic E-state index is -0.148. The predicted molar refractivity (Wildman–Crippen MR) is 79.3 cm³/mol. The molecule has 0 spiro atoms. The molecular formula is C14H25N5. The van der Waals surface area contributed by atoms with Gasteiger partial charge in [0, 0.05) is 24.2 Å². The summed E-state index contributed by atoms with van der Waals surface area (Å²) in [6, 6.07) is 2.55. The first-order chi connectivity index (χ1) is 9.03. The Morgan fingerprint density at radius 1 is 1.26 bits per heavy atom. The van der Waals surface area contributed by atoms with E-state index in [0.717, 1.165) is 24.6 Å². The molecule has 1 aromatic rings. The summed E-state index contributed by atoms with van der Waals surface area (Å²) in [6.07, 6.45) is 7.64. The average molecular weight is 263 g/mol. The van der Waals surface area contributed by atoms with E-state index in [1.54, 1.807) is 6.33 Å². The van der Waals surface area contributed by atoms with Crippen molar-refractivity contribution < 1.29 is 0 Å². The van der Waals surface area contributed by atoms with Gasteiger partial charge < -0.3 is 16.4 Å². The quantitative estimate of drug-likeness (QED) is 0.734. The van der Waals surface area contributed by atoms with E-state index in [9.17, 15) is 0 Å². The van der Waals surface area contributed by atoms with Crippen LogP contribution in [-0.4, -0.2) is 28.1 Å². The molecule has 0 aromatic carbocycles. The highest BCUT2D eigenvalue weighted by Gasteiger charge is 2.15. The van der Waals surface area contributed by atoms with Crippen molar-refractivity contribution in [3.63, 3.8) is 0 Å². The van der Waals surface area contributed by atoms with Crippen LogP contribution in [0.15, 0.2) is 12.4 Å². The Bertz CT molecular complexity index is 393. The molecule has 0 amide bonds. The molecule has 0 radical (unpaired) electrons. The molecule has 2 rings (SSSR count). The van der Waals surface area contributed by atoms with Gasteiger partial charge in [0.15, 0.2) is 0 Å². The van der Waals surface area contributed by atoms with E-state index in [1.165, 1.54) is 25.7 Å². The minimum Gasteiger partial charge on any atom is -0.370 e. The molecule has 4 N–H and O–H groups in total. The van der Waals surface area contributed by atoms with Gasteiger partial charge in [-0.25, -0.2) is 9.97 Å². The monoisotopic (exact) mass is 263 g/mol. The van der Waals surface area contributed by atoms with Crippen LogP contribution in [-0.2, 0) is 0 Å². The first-order valence-electron chi connectivity index (χ1n) is 7.14. The molecule has 1 saturated carbocycles. The molecule has 1 aliphatic rings. The highest BCUT2D eigenvalue weighted by molar-refractivity contribution is 5.47. The molecule has 0 bridgehead atoms. The molecule has 1 aliphatic carbocycles. The lowest BCUT2D eigenvalue weighted by atomic mass is 10.0. The van der Waals surface area contributed by atoms with Crippen molar-refractivity contribution in [2.75, 3.05) is 17.2 Å². The van der Waals surface area contributed by atoms with Crippen molar-refractivity contribution in [3.05, 3.63) is 12.4 Å². The van der Waals surface area contributed by atoms with Gasteiger partial charge in [0.25, 0.3) is 0 Å². The molecule has 5 nitrogen and oxygen atoms in total. The molecule has 19 heavy (non-hydrogen) atoms. The molecule has 106 valence electrons. The third-order valence-corrected chi connectivity index (χ3v) is 3.45. The van der Waals surface area contributed by atoms with Crippen molar-refractivity contribution in [1.82, 2.24) is 9.97 Å². The van der Waals surface area contributed by atoms with Crippen LogP contribution >= 0.6 is 0 Å². The zero-order valence-corrected chi connectivity index (χ0v) is 11.9. The number of nitrogens with zero attached hydrogens (tertiary/aromatic N) is 2. The number of rotatable bonds is 6. The second kappa shape index (κ2) is 6.19. The molecule has 1 fully saturated rings. The van der Waals surface area contributed by atoms with Crippen LogP contribution in [0.5, 0.6) is 0 Å². The highest BCUT2D eigenvalue weighted by atomic mass is 15.1. The third kappa shape index (κ3) is 5.03. The number of nitrogens with one attached hydrogen (secondary N) is 2. The highest BCUT2D eigenvalue weighted by Crippen LogP contribution is 2.21. The molecule has 0 unspecified atom stereocenters. The fourth-order valence-corrected chi connectivity index (χ4v) is 2.32. The standard InChI is InChI=1S/C14H25N5/c1-14(2,15)7-8-16-12-9-13(18-10-17-12)19-11-5-3-4-6-11/h9-11H,3-8,15H2,1-2H3,(H2,16,17,18,19). The van der Waals surface area contributed by atoms with Crippen molar-refractivity contribution in [2.45, 2.75) is 57.5 Å². The fraction of sp³-hybridized carbons (Fsp3) is 0.714. The second-order valence-electron chi connectivity index (χ2n) is 6.08. The van der Waals surface area contributed by atoms with Crippen molar-refractivity contribution in [1.29, 1.82) is 0 Å². The third-order valence-electron chi connectivity index (χ3n) is 3.45. The van der Waals surface area contributed by atoms with Crippen molar-refractivity contribution >= 4 is 11.6 Å². The van der Waals surface area contributed by atoms with Gasteiger partial charge in [0.1, 0.15) is 18.0 Å². The van der Waals surface area contributed by atoms with Gasteiger partial charge >= 0.3 is 0 Å². The molecular weight excluding hydrogens is 238 g/mol. The van der Waals surface area contributed by atoms with E-state index < -0.39 is 0 Å². The van der Waals surface area contributed by atoms with Crippen LogP contribution in [0, 0.1) is 0 Å². The lowest BCUT2D eigenvalue weighted by Gasteiger charge is -2.18. The maximum Gasteiger partial charge on any atom is 0.131 e. The van der Waals surface area contributed by atoms with Gasteiger partial charge in [-0.15, -0.1) is 0 Å². The van der Waals surface area contributed by atoms with E-state index >= 15 is 0 Å². The second-order valence-corrected chi connectivity index (χ2v) is 6.08. The number of nitrogens with two attached hydrogens (primary N) is 1. The summed E-state index contributed by atoms with van der Waals surface area (Å²) in [5, 5.41) is 6.77. The van der Waals surface area contributed by atoms with Gasteiger partial charge in [-0.05, 0) is 33.1 Å². The van der Waals surface area contributed by atoms with Crippen LogP contribution in [0.4, 0.5) is 11.6 Å². The summed E-state index contributed by atoms with van der Waals surface area (Å²) in [5.41, 5.74) is 5.81. The Hall–Kier alpha value is -1.36. The Morgan fingerprint density at radius 2 is 1.95 bits per heavy atom. The van der Waals surface area contributed by atoms with E-state index in [4.69, 9.17) is 5.73 Å². The molecule has 0 aliphatic heterocycles. The van der Waals surface area contributed by atoms with Crippen LogP contribution in [0.2, 0.25) is 0 Å². The van der Waals surface area contributed by atoms with Gasteiger partial charge in [0.05, 0.1) is 0 Å². The lowest BCUT2D eigenvalue weighted by Crippen LogP contribution is -2.34. The van der Waals surface area contributed by atoms with E-state index in [1.807, 2.05) is 19.9 Å². The van der Waals surface area contributed by atoms with Crippen molar-refractivity contribution in [3.8, 4) is 0 Å². The number of aromatic nitrogens is 2. The van der Waals surface area contributed by atoms with E-state index in [2.05, 4.69) is 20.6 Å². The predicted octanol–water partition coefficient (Wildman–Crippen LogP) is 2.37. The average Bonchev–Trinajstić information content (AvgIpc) is 2.80. The maximum atomic E-state index is 5.95. The molecule has 0 atom stereocenters. The summed E-state index contributed by atoms with van der Waals surface area (Å²) >= 11 is 0. The van der Waals surface area contributed by atoms with Crippen LogP contribution < -0.4 is 16.4 Å².